The Labute approximate surface area is 174 Å². The van der Waals surface area contributed by atoms with Crippen molar-refractivity contribution in [3.63, 3.8) is 0 Å². The number of benzene rings is 1. The average Bonchev–Trinajstić information content (AvgIpc) is 3.18. The summed E-state index contributed by atoms with van der Waals surface area (Å²) < 4.78 is 28.3. The number of hydrogen-bond acceptors (Lipinski definition) is 5. The van der Waals surface area contributed by atoms with Gasteiger partial charge in [-0.15, -0.1) is 0 Å². The van der Waals surface area contributed by atoms with Gasteiger partial charge in [-0.2, -0.15) is 5.10 Å². The lowest BCUT2D eigenvalue weighted by Gasteiger charge is -2.32. The number of halogens is 1. The lowest BCUT2D eigenvalue weighted by molar-refractivity contribution is 0.0994. The molecule has 29 heavy (non-hydrogen) atoms. The molecular formula is C19H22ClN5O3S. The van der Waals surface area contributed by atoms with Crippen molar-refractivity contribution in [3.05, 3.63) is 46.2 Å². The number of aliphatic imine (C=N–C) groups is 1. The van der Waals surface area contributed by atoms with Gasteiger partial charge < -0.3 is 5.32 Å². The van der Waals surface area contributed by atoms with Gasteiger partial charge in [-0.25, -0.2) is 18.1 Å². The lowest BCUT2D eigenvalue weighted by atomic mass is 9.88. The van der Waals surface area contributed by atoms with Crippen molar-refractivity contribution < 1.29 is 13.2 Å². The predicted molar refractivity (Wildman–Crippen MR) is 110 cm³/mol. The predicted octanol–water partition coefficient (Wildman–Crippen LogP) is 2.17. The number of amides is 1. The molecule has 2 aliphatic rings. The topological polar surface area (TPSA) is 116 Å². The molecule has 8 nitrogen and oxygen atoms in total. The van der Waals surface area contributed by atoms with Gasteiger partial charge in [0.1, 0.15) is 5.69 Å². The second-order valence-corrected chi connectivity index (χ2v) is 9.58. The quantitative estimate of drug-likeness (QED) is 0.665. The van der Waals surface area contributed by atoms with Gasteiger partial charge in [0, 0.05) is 41.3 Å². The summed E-state index contributed by atoms with van der Waals surface area (Å²) in [5, 5.41) is 10.5. The molecule has 2 aliphatic heterocycles. The van der Waals surface area contributed by atoms with E-state index in [2.05, 4.69) is 25.2 Å². The van der Waals surface area contributed by atoms with Gasteiger partial charge in [-0.05, 0) is 43.9 Å². The summed E-state index contributed by atoms with van der Waals surface area (Å²) in [4.78, 5) is 15.9. The Balaban J connectivity index is 1.36. The first kappa shape index (κ1) is 20.2. The van der Waals surface area contributed by atoms with Crippen molar-refractivity contribution >= 4 is 33.7 Å². The van der Waals surface area contributed by atoms with Crippen molar-refractivity contribution in [2.24, 2.45) is 4.99 Å². The van der Waals surface area contributed by atoms with Gasteiger partial charge in [0.2, 0.25) is 10.0 Å². The zero-order valence-corrected chi connectivity index (χ0v) is 17.4. The number of aromatic nitrogens is 2. The highest BCUT2D eigenvalue weighted by atomic mass is 35.5. The number of nitrogens with one attached hydrogen (secondary N) is 3. The largest absolute Gasteiger partial charge is 0.312 e. The molecule has 3 unspecified atom stereocenters. The van der Waals surface area contributed by atoms with E-state index < -0.39 is 10.0 Å². The van der Waals surface area contributed by atoms with Crippen molar-refractivity contribution in [2.45, 2.75) is 49.1 Å². The maximum Gasteiger partial charge on any atom is 0.294 e. The number of fused-ring (bicyclic) bond motifs is 1. The van der Waals surface area contributed by atoms with E-state index in [-0.39, 0.29) is 28.8 Å². The molecule has 3 atom stereocenters. The first-order valence-electron chi connectivity index (χ1n) is 9.48. The molecule has 1 amide bonds. The fraction of sp³-hybridized carbons (Fsp3) is 0.421. The summed E-state index contributed by atoms with van der Waals surface area (Å²) in [5.41, 5.74) is 1.87. The third kappa shape index (κ3) is 4.13. The summed E-state index contributed by atoms with van der Waals surface area (Å²) in [5.74, 6) is -0.280. The van der Waals surface area contributed by atoms with Crippen LogP contribution >= 0.6 is 11.6 Å². The molecule has 3 heterocycles. The standard InChI is InChI=1S/C19H22ClN5O3S/c1-11-16(20)3-2-4-17(11)29(27,28)25-14-6-5-13(21-9-14)7-12-8-22-19(26)18-15(12)10-23-24-18/h2-4,8,10,12-14,21,25H,5-7,9H2,1H3,(H,23,24). The Morgan fingerprint density at radius 1 is 1.31 bits per heavy atom. The normalized spacial score (nSPS) is 24.5. The van der Waals surface area contributed by atoms with Gasteiger partial charge in [0.25, 0.3) is 5.91 Å². The molecule has 0 bridgehead atoms. The summed E-state index contributed by atoms with van der Waals surface area (Å²) in [7, 11) is -3.64. The van der Waals surface area contributed by atoms with Gasteiger partial charge >= 0.3 is 0 Å². The lowest BCUT2D eigenvalue weighted by Crippen LogP contribution is -2.50. The van der Waals surface area contributed by atoms with Crippen molar-refractivity contribution in [2.75, 3.05) is 6.54 Å². The van der Waals surface area contributed by atoms with Gasteiger partial charge in [-0.1, -0.05) is 17.7 Å². The number of nitrogens with zero attached hydrogens (tertiary/aromatic N) is 2. The number of aromatic amines is 1. The van der Waals surface area contributed by atoms with Crippen LogP contribution in [0.1, 0.15) is 46.8 Å². The number of rotatable bonds is 5. The fourth-order valence-electron chi connectivity index (χ4n) is 3.92. The third-order valence-corrected chi connectivity index (χ3v) is 7.61. The average molecular weight is 436 g/mol. The summed E-state index contributed by atoms with van der Waals surface area (Å²) in [6.07, 6.45) is 5.66. The van der Waals surface area contributed by atoms with E-state index in [1.807, 2.05) is 0 Å². The van der Waals surface area contributed by atoms with E-state index in [1.165, 1.54) is 0 Å². The highest BCUT2D eigenvalue weighted by Gasteiger charge is 2.30. The van der Waals surface area contributed by atoms with E-state index in [9.17, 15) is 13.2 Å². The Morgan fingerprint density at radius 2 is 2.14 bits per heavy atom. The van der Waals surface area contributed by atoms with Crippen LogP contribution in [0.2, 0.25) is 5.02 Å². The second kappa shape index (κ2) is 7.98. The van der Waals surface area contributed by atoms with Crippen LogP contribution in [0.25, 0.3) is 0 Å². The van der Waals surface area contributed by atoms with Gasteiger partial charge in [-0.3, -0.25) is 9.89 Å². The smallest absolute Gasteiger partial charge is 0.294 e. The molecule has 1 aromatic heterocycles. The number of carbonyl (C=O) groups excluding carboxylic acids is 1. The molecule has 10 heteroatoms. The van der Waals surface area contributed by atoms with Crippen LogP contribution in [-0.4, -0.2) is 49.4 Å². The first-order chi connectivity index (χ1) is 13.8. The number of sulfonamides is 1. The van der Waals surface area contributed by atoms with Crippen LogP contribution in [0.15, 0.2) is 34.3 Å². The van der Waals surface area contributed by atoms with E-state index in [4.69, 9.17) is 11.6 Å². The summed E-state index contributed by atoms with van der Waals surface area (Å²) in [6.45, 7) is 2.23. The molecule has 4 rings (SSSR count). The summed E-state index contributed by atoms with van der Waals surface area (Å²) >= 11 is 6.07. The zero-order chi connectivity index (χ0) is 20.6. The molecule has 1 saturated heterocycles. The minimum Gasteiger partial charge on any atom is -0.312 e. The minimum absolute atomic E-state index is 0.0151. The second-order valence-electron chi connectivity index (χ2n) is 7.49. The number of piperidine rings is 1. The molecule has 0 spiro atoms. The molecule has 2 aromatic rings. The van der Waals surface area contributed by atoms with E-state index in [1.54, 1.807) is 37.5 Å². The maximum absolute atomic E-state index is 12.8. The number of hydrogen-bond donors (Lipinski definition) is 3. The number of H-pyrrole nitrogens is 1. The molecule has 3 N–H and O–H groups in total. The Hall–Kier alpha value is -2.07. The van der Waals surface area contributed by atoms with Crippen LogP contribution < -0.4 is 10.0 Å². The molecule has 1 aromatic carbocycles. The van der Waals surface area contributed by atoms with Gasteiger partial charge in [0.05, 0.1) is 11.1 Å². The third-order valence-electron chi connectivity index (χ3n) is 5.54. The van der Waals surface area contributed by atoms with Crippen LogP contribution in [0.5, 0.6) is 0 Å². The van der Waals surface area contributed by atoms with Crippen LogP contribution in [0, 0.1) is 6.92 Å². The van der Waals surface area contributed by atoms with E-state index in [0.717, 1.165) is 24.8 Å². The fourth-order valence-corrected chi connectivity index (χ4v) is 5.69. The van der Waals surface area contributed by atoms with E-state index >= 15 is 0 Å². The van der Waals surface area contributed by atoms with Crippen molar-refractivity contribution in [1.82, 2.24) is 20.2 Å². The van der Waals surface area contributed by atoms with E-state index in [0.29, 0.717) is 22.8 Å². The van der Waals surface area contributed by atoms with Crippen LogP contribution in [-0.2, 0) is 10.0 Å². The SMILES string of the molecule is Cc1c(Cl)cccc1S(=O)(=O)NC1CCC(CC2C=NC(=O)c3[nH]ncc32)NC1. The molecule has 154 valence electrons. The zero-order valence-electron chi connectivity index (χ0n) is 15.9. The highest BCUT2D eigenvalue weighted by Crippen LogP contribution is 2.28. The number of carbonyl (C=O) groups is 1. The van der Waals surface area contributed by atoms with Crippen molar-refractivity contribution in [3.8, 4) is 0 Å². The van der Waals surface area contributed by atoms with Gasteiger partial charge in [0.15, 0.2) is 0 Å². The highest BCUT2D eigenvalue weighted by molar-refractivity contribution is 7.89. The Kier molecular flexibility index (Phi) is 5.56. The summed E-state index contributed by atoms with van der Waals surface area (Å²) in [6, 6.07) is 4.89. The Morgan fingerprint density at radius 3 is 2.90 bits per heavy atom. The first-order valence-corrected chi connectivity index (χ1v) is 11.3. The molecule has 0 radical (unpaired) electrons. The monoisotopic (exact) mass is 435 g/mol. The molecular weight excluding hydrogens is 414 g/mol. The molecule has 0 aliphatic carbocycles. The van der Waals surface area contributed by atoms with Crippen molar-refractivity contribution in [1.29, 1.82) is 0 Å². The minimum atomic E-state index is -3.64. The Bertz CT molecular complexity index is 1060. The molecule has 1 fully saturated rings. The molecule has 0 saturated carbocycles. The van der Waals surface area contributed by atoms with Crippen LogP contribution in [0.4, 0.5) is 0 Å². The maximum atomic E-state index is 12.8. The van der Waals surface area contributed by atoms with Crippen LogP contribution in [0.3, 0.4) is 0 Å².